The van der Waals surface area contributed by atoms with E-state index in [0.29, 0.717) is 0 Å². The molecule has 0 spiro atoms. The summed E-state index contributed by atoms with van der Waals surface area (Å²) in [5.74, 6) is 0. The van der Waals surface area contributed by atoms with Crippen LogP contribution in [-0.4, -0.2) is 84.8 Å². The molecule has 0 aromatic carbocycles. The molecule has 3 nitrogen and oxygen atoms in total. The van der Waals surface area contributed by atoms with E-state index in [4.69, 9.17) is 0 Å². The predicted molar refractivity (Wildman–Crippen MR) is 63.2 cm³/mol. The van der Waals surface area contributed by atoms with Crippen molar-refractivity contribution >= 4 is 0 Å². The van der Waals surface area contributed by atoms with Crippen LogP contribution in [0.15, 0.2) is 0 Å². The summed E-state index contributed by atoms with van der Waals surface area (Å²) in [6.45, 7) is 0. The minimum absolute atomic E-state index is 0. The lowest BCUT2D eigenvalue weighted by Crippen LogP contribution is -3.00. The molecular weight excluding hydrogens is 198 g/mol. The van der Waals surface area contributed by atoms with Gasteiger partial charge in [0.1, 0.15) is 0 Å². The molecule has 0 radical (unpaired) electrons. The summed E-state index contributed by atoms with van der Waals surface area (Å²) in [6, 6.07) is 0. The minimum Gasteiger partial charge on any atom is -1.00 e. The van der Waals surface area contributed by atoms with Gasteiger partial charge in [-0.1, -0.05) is 0 Å². The largest absolute Gasteiger partial charge is 1.00 e. The van der Waals surface area contributed by atoms with Gasteiger partial charge in [0.2, 0.25) is 0 Å². The summed E-state index contributed by atoms with van der Waals surface area (Å²) in [7, 11) is 20.5. The fraction of sp³-hybridized carbons (Fsp3) is 1.00. The molecule has 4 heteroatoms. The van der Waals surface area contributed by atoms with E-state index >= 15 is 0 Å². The highest BCUT2D eigenvalue weighted by Crippen LogP contribution is 1.73. The molecule has 0 N–H and O–H groups in total. The first-order valence-electron chi connectivity index (χ1n) is 4.47. The van der Waals surface area contributed by atoms with Crippen LogP contribution in [0, 0.1) is 0 Å². The van der Waals surface area contributed by atoms with E-state index in [1.165, 1.54) is 0 Å². The molecular formula is C10H30ClN3. The average Bonchev–Trinajstić information content (AvgIpc) is 1.50. The Morgan fingerprint density at radius 2 is 0.571 bits per heavy atom. The third kappa shape index (κ3) is 52500. The lowest BCUT2D eigenvalue weighted by Gasteiger charge is -2.14. The summed E-state index contributed by atoms with van der Waals surface area (Å²) in [5, 5.41) is 0. The molecule has 14 heavy (non-hydrogen) atoms. The van der Waals surface area contributed by atoms with Crippen molar-refractivity contribution in [3.63, 3.8) is 0 Å². The molecule has 0 aliphatic heterocycles. The fourth-order valence-electron chi connectivity index (χ4n) is 0. The lowest BCUT2D eigenvalue weighted by molar-refractivity contribution is -0.849. The van der Waals surface area contributed by atoms with Gasteiger partial charge in [-0.05, 0) is 42.3 Å². The van der Waals surface area contributed by atoms with Crippen LogP contribution in [0.3, 0.4) is 0 Å². The fourth-order valence-corrected chi connectivity index (χ4v) is 0. The molecule has 92 valence electrons. The molecule has 0 fully saturated rings. The van der Waals surface area contributed by atoms with Crippen molar-refractivity contribution in [2.75, 3.05) is 70.5 Å². The summed E-state index contributed by atoms with van der Waals surface area (Å²) in [4.78, 5) is 4.00. The second-order valence-electron chi connectivity index (χ2n) is 5.37. The van der Waals surface area contributed by atoms with Crippen LogP contribution in [-0.2, 0) is 0 Å². The quantitative estimate of drug-likeness (QED) is 0.429. The molecule has 0 atom stereocenters. The van der Waals surface area contributed by atoms with E-state index in [0.717, 1.165) is 4.48 Å². The molecule has 0 bridgehead atoms. The van der Waals surface area contributed by atoms with Gasteiger partial charge in [-0.2, -0.15) is 0 Å². The lowest BCUT2D eigenvalue weighted by atomic mass is 10.8. The van der Waals surface area contributed by atoms with Crippen molar-refractivity contribution in [2.24, 2.45) is 0 Å². The van der Waals surface area contributed by atoms with Gasteiger partial charge in [0.25, 0.3) is 0 Å². The highest BCUT2D eigenvalue weighted by atomic mass is 35.5. The van der Waals surface area contributed by atoms with Crippen LogP contribution in [0.2, 0.25) is 0 Å². The number of nitrogens with zero attached hydrogens (tertiary/aromatic N) is 3. The van der Waals surface area contributed by atoms with Crippen LogP contribution in [0.25, 0.3) is 0 Å². The van der Waals surface area contributed by atoms with Crippen molar-refractivity contribution in [1.82, 2.24) is 9.80 Å². The van der Waals surface area contributed by atoms with Gasteiger partial charge in [-0.15, -0.1) is 0 Å². The Morgan fingerprint density at radius 3 is 0.571 bits per heavy atom. The molecule has 0 saturated carbocycles. The Balaban J connectivity index is -0.0000000522. The number of halogens is 1. The smallest absolute Gasteiger partial charge is 0.0675 e. The molecule has 0 saturated heterocycles. The summed E-state index contributed by atoms with van der Waals surface area (Å²) in [6.07, 6.45) is 0. The zero-order chi connectivity index (χ0) is 11.7. The van der Waals surface area contributed by atoms with Gasteiger partial charge in [-0.3, -0.25) is 0 Å². The molecule has 0 aliphatic rings. The van der Waals surface area contributed by atoms with Gasteiger partial charge < -0.3 is 26.7 Å². The van der Waals surface area contributed by atoms with Crippen molar-refractivity contribution in [1.29, 1.82) is 0 Å². The highest BCUT2D eigenvalue weighted by Gasteiger charge is 1.88. The number of hydrogen-bond donors (Lipinski definition) is 0. The Bertz CT molecular complexity index is 70.3. The maximum absolute atomic E-state index is 2.12. The van der Waals surface area contributed by atoms with E-state index < -0.39 is 0 Å². The van der Waals surface area contributed by atoms with Crippen LogP contribution in [0.4, 0.5) is 0 Å². The molecule has 0 aromatic heterocycles. The molecule has 0 heterocycles. The third-order valence-electron chi connectivity index (χ3n) is 0. The molecule has 0 amide bonds. The SMILES string of the molecule is CN(C)C.CN(C)C.C[N+](C)(C)C.[Cl-]. The molecule has 0 aliphatic carbocycles. The maximum atomic E-state index is 2.12. The monoisotopic (exact) mass is 227 g/mol. The highest BCUT2D eigenvalue weighted by molar-refractivity contribution is 4.09. The molecule has 0 aromatic rings. The standard InChI is InChI=1S/C4H12N.2C3H9N.ClH/c1-5(2,3)4;2*1-4(2)3;/h1-4H3;2*1-3H3;1H/q+1;;;/p-1. The first kappa shape index (κ1) is 23.8. The van der Waals surface area contributed by atoms with Crippen molar-refractivity contribution in [3.8, 4) is 0 Å². The van der Waals surface area contributed by atoms with Gasteiger partial charge >= 0.3 is 0 Å². The normalized spacial score (nSPS) is 9.43. The summed E-state index contributed by atoms with van der Waals surface area (Å²) in [5.41, 5.74) is 0. The Morgan fingerprint density at radius 1 is 0.571 bits per heavy atom. The topological polar surface area (TPSA) is 6.48 Å². The number of hydrogen-bond acceptors (Lipinski definition) is 2. The first-order chi connectivity index (χ1) is 5.46. The number of quaternary nitrogens is 1. The first-order valence-corrected chi connectivity index (χ1v) is 4.47. The Labute approximate surface area is 97.7 Å². The zero-order valence-corrected chi connectivity index (χ0v) is 12.5. The van der Waals surface area contributed by atoms with Gasteiger partial charge in [0.05, 0.1) is 28.2 Å². The van der Waals surface area contributed by atoms with Crippen molar-refractivity contribution in [2.45, 2.75) is 0 Å². The molecule has 0 unspecified atom stereocenters. The summed E-state index contributed by atoms with van der Waals surface area (Å²) >= 11 is 0. The van der Waals surface area contributed by atoms with Gasteiger partial charge in [0, 0.05) is 0 Å². The molecule has 0 rings (SSSR count). The van der Waals surface area contributed by atoms with Crippen molar-refractivity contribution in [3.05, 3.63) is 0 Å². The second-order valence-corrected chi connectivity index (χ2v) is 5.37. The van der Waals surface area contributed by atoms with Crippen molar-refractivity contribution < 1.29 is 16.9 Å². The zero-order valence-electron chi connectivity index (χ0n) is 11.7. The minimum atomic E-state index is 0. The van der Waals surface area contributed by atoms with E-state index in [1.807, 2.05) is 52.1 Å². The van der Waals surface area contributed by atoms with E-state index in [2.05, 4.69) is 28.2 Å². The van der Waals surface area contributed by atoms with Crippen LogP contribution in [0.5, 0.6) is 0 Å². The predicted octanol–water partition coefficient (Wildman–Crippen LogP) is -2.32. The van der Waals surface area contributed by atoms with Gasteiger partial charge in [0.15, 0.2) is 0 Å². The van der Waals surface area contributed by atoms with E-state index in [-0.39, 0.29) is 12.4 Å². The van der Waals surface area contributed by atoms with Crippen LogP contribution in [0.1, 0.15) is 0 Å². The van der Waals surface area contributed by atoms with Crippen LogP contribution >= 0.6 is 0 Å². The second kappa shape index (κ2) is 13.2. The Hall–Kier alpha value is 0.170. The van der Waals surface area contributed by atoms with E-state index in [1.54, 1.807) is 0 Å². The van der Waals surface area contributed by atoms with E-state index in [9.17, 15) is 0 Å². The average molecular weight is 228 g/mol. The number of rotatable bonds is 0. The van der Waals surface area contributed by atoms with Gasteiger partial charge in [-0.25, -0.2) is 0 Å². The van der Waals surface area contributed by atoms with Crippen LogP contribution < -0.4 is 12.4 Å². The Kier molecular flexibility index (Phi) is 22.4. The maximum Gasteiger partial charge on any atom is 0.0675 e. The third-order valence-corrected chi connectivity index (χ3v) is 0. The summed E-state index contributed by atoms with van der Waals surface area (Å²) < 4.78 is 1.00.